The van der Waals surface area contributed by atoms with Gasteiger partial charge in [0, 0.05) is 50.5 Å². The topological polar surface area (TPSA) is 209 Å². The van der Waals surface area contributed by atoms with Crippen LogP contribution in [0.1, 0.15) is 117 Å². The second-order valence-corrected chi connectivity index (χ2v) is 16.5. The van der Waals surface area contributed by atoms with Crippen LogP contribution < -0.4 is 5.32 Å². The van der Waals surface area contributed by atoms with E-state index in [9.17, 15) is 38.7 Å². The fraction of sp³-hybridized carbons (Fsp3) is 0.667. The number of rotatable bonds is 24. The molecular formula is C42H60N6O8. The highest BCUT2D eigenvalue weighted by atomic mass is 16.4. The van der Waals surface area contributed by atoms with Gasteiger partial charge < -0.3 is 15.3 Å². The van der Waals surface area contributed by atoms with Gasteiger partial charge in [-0.25, -0.2) is 0 Å². The Hall–Kier alpha value is -4.62. The van der Waals surface area contributed by atoms with Crippen LogP contribution in [-0.2, 0) is 46.4 Å². The fourth-order valence-electron chi connectivity index (χ4n) is 8.50. The monoisotopic (exact) mass is 776 g/mol. The molecule has 2 heterocycles. The molecular weight excluding hydrogens is 716 g/mol. The molecule has 7 atom stereocenters. The largest absolute Gasteiger partial charge is 0.481 e. The minimum atomic E-state index is -1.17. The number of carboxylic acids is 1. The lowest BCUT2D eigenvalue weighted by atomic mass is 9.83. The maximum Gasteiger partial charge on any atom is 0.307 e. The Morgan fingerprint density at radius 2 is 1.66 bits per heavy atom. The molecule has 0 spiro atoms. The van der Waals surface area contributed by atoms with Gasteiger partial charge in [0.1, 0.15) is 11.8 Å². The van der Waals surface area contributed by atoms with Gasteiger partial charge in [-0.2, -0.15) is 5.21 Å². The first-order chi connectivity index (χ1) is 26.7. The molecule has 2 aliphatic rings. The van der Waals surface area contributed by atoms with Crippen LogP contribution in [0.4, 0.5) is 0 Å². The molecule has 0 bridgehead atoms. The van der Waals surface area contributed by atoms with Crippen LogP contribution in [0, 0.1) is 41.4 Å². The Bertz CT molecular complexity index is 1660. The Kier molecular flexibility index (Phi) is 16.6. The van der Waals surface area contributed by atoms with Crippen molar-refractivity contribution >= 4 is 40.9 Å². The number of carbonyl (C=O) groups is 7. The Morgan fingerprint density at radius 1 is 0.929 bits per heavy atom. The number of H-pyrrole nitrogens is 1. The highest BCUT2D eigenvalue weighted by molar-refractivity contribution is 6.38. The Labute approximate surface area is 329 Å². The number of aromatic nitrogens is 4. The normalized spacial score (nSPS) is 20.0. The first-order valence-electron chi connectivity index (χ1n) is 20.4. The first kappa shape index (κ1) is 44.1. The molecule has 3 N–H and O–H groups in total. The summed E-state index contributed by atoms with van der Waals surface area (Å²) < 4.78 is 0. The van der Waals surface area contributed by atoms with E-state index in [1.807, 2.05) is 40.7 Å². The zero-order chi connectivity index (χ0) is 40.9. The maximum absolute atomic E-state index is 14.4. The number of aromatic amines is 1. The van der Waals surface area contributed by atoms with E-state index in [4.69, 9.17) is 0 Å². The van der Waals surface area contributed by atoms with Crippen molar-refractivity contribution < 1.29 is 38.7 Å². The predicted octanol–water partition coefficient (Wildman–Crippen LogP) is 4.76. The lowest BCUT2D eigenvalue weighted by Crippen LogP contribution is -2.56. The van der Waals surface area contributed by atoms with Crippen molar-refractivity contribution in [1.29, 1.82) is 0 Å². The molecule has 306 valence electrons. The van der Waals surface area contributed by atoms with Gasteiger partial charge in [0.15, 0.2) is 17.4 Å². The molecule has 1 aromatic heterocycles. The van der Waals surface area contributed by atoms with Crippen LogP contribution in [0.3, 0.4) is 0 Å². The number of carbonyl (C=O) groups excluding carboxylic acids is 6. The molecule has 2 aromatic rings. The number of aryl methyl sites for hydroxylation is 1. The maximum atomic E-state index is 14.4. The summed E-state index contributed by atoms with van der Waals surface area (Å²) in [5.74, 6) is -6.33. The summed E-state index contributed by atoms with van der Waals surface area (Å²) in [6, 6.07) is 7.19. The number of nitrogens with one attached hydrogen (secondary N) is 2. The minimum absolute atomic E-state index is 0.0400. The highest BCUT2D eigenvalue weighted by Crippen LogP contribution is 2.43. The third-order valence-corrected chi connectivity index (χ3v) is 11.7. The van der Waals surface area contributed by atoms with Gasteiger partial charge in [-0.3, -0.25) is 33.6 Å². The van der Waals surface area contributed by atoms with Crippen LogP contribution in [0.15, 0.2) is 30.3 Å². The molecule has 2 unspecified atom stereocenters. The lowest BCUT2D eigenvalue weighted by molar-refractivity contribution is -0.147. The average molecular weight is 777 g/mol. The number of nitrogens with zero attached hydrogens (tertiary/aromatic N) is 4. The SMILES string of the molecule is CCCC(CC(=O)C1[C@H]2CCC[C@H]2CN1C(=O)[C@@H](NC(=O)[C@H](CC(=O)CCCCc1nn[nH]n1)C(C)C)C(C)C)C(=O)C(=O)C[C@H](Cc1ccccc1)C(=O)O. The first-order valence-corrected chi connectivity index (χ1v) is 20.4. The number of amides is 2. The summed E-state index contributed by atoms with van der Waals surface area (Å²) in [4.78, 5) is 96.1. The number of hydrogen-bond acceptors (Lipinski definition) is 10. The number of carboxylic acid groups (broad SMARTS) is 1. The number of fused-ring (bicyclic) bond motifs is 1. The summed E-state index contributed by atoms with van der Waals surface area (Å²) in [7, 11) is 0. The van der Waals surface area contributed by atoms with Crippen molar-refractivity contribution in [3.8, 4) is 0 Å². The second kappa shape index (κ2) is 21.1. The summed E-state index contributed by atoms with van der Waals surface area (Å²) in [5, 5.41) is 26.6. The fourth-order valence-corrected chi connectivity index (χ4v) is 8.50. The van der Waals surface area contributed by atoms with E-state index in [0.29, 0.717) is 44.5 Å². The molecule has 2 amide bonds. The van der Waals surface area contributed by atoms with Crippen molar-refractivity contribution in [3.05, 3.63) is 41.7 Å². The van der Waals surface area contributed by atoms with Gasteiger partial charge in [0.2, 0.25) is 17.6 Å². The van der Waals surface area contributed by atoms with Gasteiger partial charge in [-0.15, -0.1) is 10.2 Å². The molecule has 14 heteroatoms. The van der Waals surface area contributed by atoms with Gasteiger partial charge >= 0.3 is 5.97 Å². The average Bonchev–Trinajstić information content (AvgIpc) is 3.92. The Morgan fingerprint density at radius 3 is 2.29 bits per heavy atom. The van der Waals surface area contributed by atoms with E-state index >= 15 is 0 Å². The molecule has 2 fully saturated rings. The smallest absolute Gasteiger partial charge is 0.307 e. The van der Waals surface area contributed by atoms with E-state index in [1.165, 1.54) is 0 Å². The Balaban J connectivity index is 1.43. The van der Waals surface area contributed by atoms with Gasteiger partial charge in [-0.05, 0) is 67.8 Å². The van der Waals surface area contributed by atoms with Gasteiger partial charge in [0.05, 0.1) is 12.0 Å². The summed E-state index contributed by atoms with van der Waals surface area (Å²) in [6.45, 7) is 9.63. The molecule has 4 rings (SSSR count). The van der Waals surface area contributed by atoms with Crippen LogP contribution in [-0.4, -0.2) is 90.2 Å². The molecule has 1 aromatic carbocycles. The number of likely N-dealkylation sites (tertiary alicyclic amines) is 1. The molecule has 1 saturated heterocycles. The molecule has 56 heavy (non-hydrogen) atoms. The molecule has 0 radical (unpaired) electrons. The van der Waals surface area contributed by atoms with Crippen LogP contribution in [0.25, 0.3) is 0 Å². The third kappa shape index (κ3) is 11.9. The zero-order valence-corrected chi connectivity index (χ0v) is 33.6. The summed E-state index contributed by atoms with van der Waals surface area (Å²) >= 11 is 0. The summed E-state index contributed by atoms with van der Waals surface area (Å²) in [5.41, 5.74) is 0.742. The van der Waals surface area contributed by atoms with E-state index in [-0.39, 0.29) is 72.7 Å². The van der Waals surface area contributed by atoms with E-state index in [0.717, 1.165) is 24.8 Å². The van der Waals surface area contributed by atoms with E-state index < -0.39 is 53.8 Å². The van der Waals surface area contributed by atoms with E-state index in [2.05, 4.69) is 25.9 Å². The minimum Gasteiger partial charge on any atom is -0.481 e. The number of benzene rings is 1. The number of ketones is 4. The number of Topliss-reactive ketones (excluding diaryl/α,β-unsaturated/α-hetero) is 4. The predicted molar refractivity (Wildman–Crippen MR) is 207 cm³/mol. The van der Waals surface area contributed by atoms with Gasteiger partial charge in [0.25, 0.3) is 0 Å². The highest BCUT2D eigenvalue weighted by Gasteiger charge is 2.51. The van der Waals surface area contributed by atoms with E-state index in [1.54, 1.807) is 29.2 Å². The van der Waals surface area contributed by atoms with Gasteiger partial charge in [-0.1, -0.05) is 83.0 Å². The van der Waals surface area contributed by atoms with Crippen LogP contribution in [0.2, 0.25) is 0 Å². The van der Waals surface area contributed by atoms with Crippen LogP contribution in [0.5, 0.6) is 0 Å². The number of aliphatic carboxylic acids is 1. The molecule has 1 saturated carbocycles. The standard InChI is InChI=1S/C42H60N6O8/c1-6-13-28(39(52)35(51)22-30(42(55)56)20-27-14-8-7-9-15-27)21-34(50)38-32-18-12-16-29(32)24-48(38)41(54)37(26(4)5)43-40(53)33(25(2)3)23-31(49)17-10-11-19-36-44-46-47-45-36/h7-9,14-15,25-26,28-30,32-33,37-38H,6,10-13,16-24H2,1-5H3,(H,43,53)(H,55,56)(H,44,45,46,47)/t28?,29-,30-,32-,33+,37-,38?/m0/s1. The number of hydrogen-bond donors (Lipinski definition) is 3. The second-order valence-electron chi connectivity index (χ2n) is 16.5. The molecule has 1 aliphatic heterocycles. The quantitative estimate of drug-likeness (QED) is 0.0978. The zero-order valence-electron chi connectivity index (χ0n) is 33.6. The van der Waals surface area contributed by atoms with Crippen molar-refractivity contribution in [2.45, 2.75) is 130 Å². The lowest BCUT2D eigenvalue weighted by Gasteiger charge is -2.33. The van der Waals surface area contributed by atoms with Crippen LogP contribution >= 0.6 is 0 Å². The third-order valence-electron chi connectivity index (χ3n) is 11.7. The van der Waals surface area contributed by atoms with Crippen molar-refractivity contribution in [2.24, 2.45) is 41.4 Å². The van der Waals surface area contributed by atoms with Crippen molar-refractivity contribution in [2.75, 3.05) is 6.54 Å². The number of unbranched alkanes of at least 4 members (excludes halogenated alkanes) is 1. The van der Waals surface area contributed by atoms with Crippen molar-refractivity contribution in [3.63, 3.8) is 0 Å². The van der Waals surface area contributed by atoms with Crippen molar-refractivity contribution in [1.82, 2.24) is 30.8 Å². The summed E-state index contributed by atoms with van der Waals surface area (Å²) in [6.07, 6.45) is 5.02. The molecule has 1 aliphatic carbocycles. The number of tetrazole rings is 1. The molecule has 14 nitrogen and oxygen atoms in total.